The van der Waals surface area contributed by atoms with Crippen molar-refractivity contribution in [2.24, 2.45) is 0 Å². The molecule has 0 aliphatic rings. The van der Waals surface area contributed by atoms with Gasteiger partial charge in [0.05, 0.1) is 12.4 Å². The maximum absolute atomic E-state index is 13.5. The maximum Gasteiger partial charge on any atom is 0.271 e. The molecule has 6 nitrogen and oxygen atoms in total. The minimum atomic E-state index is -0.273. The topological polar surface area (TPSA) is 70.2 Å². The number of nitrogens with zero attached hydrogens (tertiary/aromatic N) is 3. The van der Waals surface area contributed by atoms with Gasteiger partial charge < -0.3 is 15.5 Å². The Balaban J connectivity index is 1.87. The molecular formula is C16H20FN5O. The highest BCUT2D eigenvalue weighted by Gasteiger charge is 2.08. The van der Waals surface area contributed by atoms with Gasteiger partial charge in [-0.15, -0.1) is 0 Å². The van der Waals surface area contributed by atoms with Gasteiger partial charge in [0.1, 0.15) is 17.3 Å². The molecule has 0 saturated heterocycles. The predicted octanol–water partition coefficient (Wildman–Crippen LogP) is 1.52. The van der Waals surface area contributed by atoms with Crippen molar-refractivity contribution in [3.05, 3.63) is 53.7 Å². The van der Waals surface area contributed by atoms with E-state index in [2.05, 4.69) is 20.6 Å². The van der Waals surface area contributed by atoms with Gasteiger partial charge in [0.15, 0.2) is 0 Å². The van der Waals surface area contributed by atoms with Crippen molar-refractivity contribution in [3.63, 3.8) is 0 Å². The Morgan fingerprint density at radius 1 is 1.22 bits per heavy atom. The lowest BCUT2D eigenvalue weighted by Crippen LogP contribution is -2.31. The second kappa shape index (κ2) is 8.19. The van der Waals surface area contributed by atoms with E-state index in [4.69, 9.17) is 0 Å². The molecule has 0 spiro atoms. The quantitative estimate of drug-likeness (QED) is 0.810. The number of hydrogen-bond acceptors (Lipinski definition) is 5. The average molecular weight is 317 g/mol. The van der Waals surface area contributed by atoms with Crippen LogP contribution in [-0.4, -0.2) is 48.0 Å². The van der Waals surface area contributed by atoms with Crippen LogP contribution in [0.4, 0.5) is 10.2 Å². The van der Waals surface area contributed by atoms with Crippen molar-refractivity contribution >= 4 is 11.7 Å². The summed E-state index contributed by atoms with van der Waals surface area (Å²) in [6.45, 7) is 1.60. The van der Waals surface area contributed by atoms with Gasteiger partial charge in [-0.2, -0.15) is 0 Å². The van der Waals surface area contributed by atoms with Crippen LogP contribution in [0.5, 0.6) is 0 Å². The van der Waals surface area contributed by atoms with Gasteiger partial charge in [-0.25, -0.2) is 14.4 Å². The summed E-state index contributed by atoms with van der Waals surface area (Å²) in [6.07, 6.45) is 2.86. The van der Waals surface area contributed by atoms with Crippen LogP contribution >= 0.6 is 0 Å². The molecule has 0 aliphatic heterocycles. The van der Waals surface area contributed by atoms with E-state index >= 15 is 0 Å². The molecule has 122 valence electrons. The minimum Gasteiger partial charge on any atom is -0.365 e. The second-order valence-corrected chi connectivity index (χ2v) is 5.29. The molecule has 1 aromatic carbocycles. The van der Waals surface area contributed by atoms with Crippen LogP contribution in [0.25, 0.3) is 0 Å². The summed E-state index contributed by atoms with van der Waals surface area (Å²) in [5, 5.41) is 5.74. The fourth-order valence-electron chi connectivity index (χ4n) is 1.85. The van der Waals surface area contributed by atoms with Crippen LogP contribution in [0.3, 0.4) is 0 Å². The van der Waals surface area contributed by atoms with E-state index in [1.807, 2.05) is 19.0 Å². The van der Waals surface area contributed by atoms with Gasteiger partial charge in [-0.3, -0.25) is 4.79 Å². The number of benzene rings is 1. The van der Waals surface area contributed by atoms with Crippen LogP contribution in [0.1, 0.15) is 16.1 Å². The molecule has 23 heavy (non-hydrogen) atoms. The van der Waals surface area contributed by atoms with Crippen molar-refractivity contribution in [1.82, 2.24) is 20.2 Å². The van der Waals surface area contributed by atoms with E-state index in [1.165, 1.54) is 18.5 Å². The summed E-state index contributed by atoms with van der Waals surface area (Å²) >= 11 is 0. The fourth-order valence-corrected chi connectivity index (χ4v) is 1.85. The van der Waals surface area contributed by atoms with Crippen LogP contribution < -0.4 is 10.6 Å². The van der Waals surface area contributed by atoms with Crippen molar-refractivity contribution < 1.29 is 9.18 Å². The minimum absolute atomic E-state index is 0.250. The molecule has 2 N–H and O–H groups in total. The van der Waals surface area contributed by atoms with Crippen molar-refractivity contribution in [2.75, 3.05) is 32.5 Å². The summed E-state index contributed by atoms with van der Waals surface area (Å²) < 4.78 is 13.5. The lowest BCUT2D eigenvalue weighted by molar-refractivity contribution is 0.0945. The predicted molar refractivity (Wildman–Crippen MR) is 86.6 cm³/mol. The Hall–Kier alpha value is -2.54. The number of likely N-dealkylation sites (N-methyl/N-ethyl adjacent to an activating group) is 1. The highest BCUT2D eigenvalue weighted by Crippen LogP contribution is 2.09. The molecule has 0 aliphatic carbocycles. The Morgan fingerprint density at radius 3 is 2.65 bits per heavy atom. The van der Waals surface area contributed by atoms with E-state index < -0.39 is 0 Å². The summed E-state index contributed by atoms with van der Waals surface area (Å²) in [6, 6.07) is 6.52. The SMILES string of the molecule is CN(C)CCNC(=O)c1cnc(NCc2ccccc2F)cn1. The smallest absolute Gasteiger partial charge is 0.271 e. The van der Waals surface area contributed by atoms with Gasteiger partial charge in [0.2, 0.25) is 0 Å². The lowest BCUT2D eigenvalue weighted by atomic mass is 10.2. The van der Waals surface area contributed by atoms with Crippen molar-refractivity contribution in [1.29, 1.82) is 0 Å². The summed E-state index contributed by atoms with van der Waals surface area (Å²) in [5.74, 6) is -0.0528. The third-order valence-electron chi connectivity index (χ3n) is 3.15. The largest absolute Gasteiger partial charge is 0.365 e. The molecule has 2 aromatic rings. The Labute approximate surface area is 134 Å². The van der Waals surface area contributed by atoms with Crippen molar-refractivity contribution in [2.45, 2.75) is 6.54 Å². The first kappa shape index (κ1) is 16.8. The van der Waals surface area contributed by atoms with Crippen LogP contribution in [0.2, 0.25) is 0 Å². The number of halogens is 1. The number of amides is 1. The van der Waals surface area contributed by atoms with E-state index in [-0.39, 0.29) is 17.4 Å². The highest BCUT2D eigenvalue weighted by molar-refractivity contribution is 5.91. The van der Waals surface area contributed by atoms with E-state index in [1.54, 1.807) is 18.2 Å². The zero-order chi connectivity index (χ0) is 16.7. The summed E-state index contributed by atoms with van der Waals surface area (Å²) in [4.78, 5) is 22.0. The molecule has 0 atom stereocenters. The fraction of sp³-hybridized carbons (Fsp3) is 0.312. The third kappa shape index (κ3) is 5.30. The standard InChI is InChI=1S/C16H20FN5O/c1-22(2)8-7-18-16(23)14-10-21-15(11-19-14)20-9-12-5-3-4-6-13(12)17/h3-6,10-11H,7-9H2,1-2H3,(H,18,23)(H,20,21). The van der Waals surface area contributed by atoms with Crippen LogP contribution in [0.15, 0.2) is 36.7 Å². The molecule has 0 saturated carbocycles. The molecule has 2 rings (SSSR count). The van der Waals surface area contributed by atoms with E-state index in [9.17, 15) is 9.18 Å². The third-order valence-corrected chi connectivity index (χ3v) is 3.15. The number of carbonyl (C=O) groups is 1. The number of hydrogen-bond donors (Lipinski definition) is 2. The second-order valence-electron chi connectivity index (χ2n) is 5.29. The Kier molecular flexibility index (Phi) is 5.99. The highest BCUT2D eigenvalue weighted by atomic mass is 19.1. The van der Waals surface area contributed by atoms with E-state index in [0.717, 1.165) is 6.54 Å². The number of anilines is 1. The number of aromatic nitrogens is 2. The van der Waals surface area contributed by atoms with Gasteiger partial charge in [-0.05, 0) is 20.2 Å². The lowest BCUT2D eigenvalue weighted by Gasteiger charge is -2.10. The van der Waals surface area contributed by atoms with Gasteiger partial charge in [-0.1, -0.05) is 18.2 Å². The molecule has 0 unspecified atom stereocenters. The van der Waals surface area contributed by atoms with Gasteiger partial charge >= 0.3 is 0 Å². The van der Waals surface area contributed by atoms with E-state index in [0.29, 0.717) is 24.5 Å². The Morgan fingerprint density at radius 2 is 2.00 bits per heavy atom. The first-order valence-corrected chi connectivity index (χ1v) is 7.28. The van der Waals surface area contributed by atoms with Crippen LogP contribution in [-0.2, 0) is 6.54 Å². The van der Waals surface area contributed by atoms with Crippen molar-refractivity contribution in [3.8, 4) is 0 Å². The molecular weight excluding hydrogens is 297 g/mol. The summed E-state index contributed by atoms with van der Waals surface area (Å²) in [5.41, 5.74) is 0.792. The molecule has 0 fully saturated rings. The maximum atomic E-state index is 13.5. The molecule has 1 heterocycles. The zero-order valence-corrected chi connectivity index (χ0v) is 13.2. The molecule has 1 amide bonds. The molecule has 1 aromatic heterocycles. The Bertz CT molecular complexity index is 645. The number of nitrogens with one attached hydrogen (secondary N) is 2. The molecule has 0 bridgehead atoms. The molecule has 0 radical (unpaired) electrons. The monoisotopic (exact) mass is 317 g/mol. The van der Waals surface area contributed by atoms with Gasteiger partial charge in [0, 0.05) is 25.2 Å². The zero-order valence-electron chi connectivity index (χ0n) is 13.2. The van der Waals surface area contributed by atoms with Crippen LogP contribution in [0, 0.1) is 5.82 Å². The molecule has 7 heteroatoms. The number of rotatable bonds is 7. The van der Waals surface area contributed by atoms with Gasteiger partial charge in [0.25, 0.3) is 5.91 Å². The first-order chi connectivity index (χ1) is 11.1. The summed E-state index contributed by atoms with van der Waals surface area (Å²) in [7, 11) is 3.87. The average Bonchev–Trinajstić information content (AvgIpc) is 2.54. The first-order valence-electron chi connectivity index (χ1n) is 7.28. The normalized spacial score (nSPS) is 10.6. The number of carbonyl (C=O) groups excluding carboxylic acids is 1.